The van der Waals surface area contributed by atoms with Crippen molar-refractivity contribution in [2.24, 2.45) is 5.41 Å². The maximum Gasteiger partial charge on any atom is 0.337 e. The van der Waals surface area contributed by atoms with Crippen LogP contribution in [0.5, 0.6) is 5.88 Å². The number of hydrogen-bond donors (Lipinski definition) is 1. The number of piperidine rings is 1. The van der Waals surface area contributed by atoms with Gasteiger partial charge in [-0.25, -0.2) is 14.2 Å². The summed E-state index contributed by atoms with van der Waals surface area (Å²) in [5.41, 5.74) is 5.11. The van der Waals surface area contributed by atoms with E-state index in [1.54, 1.807) is 18.3 Å². The number of benzene rings is 1. The molecular weight excluding hydrogens is 521 g/mol. The zero-order chi connectivity index (χ0) is 29.9. The molecule has 41 heavy (non-hydrogen) atoms. The van der Waals surface area contributed by atoms with Gasteiger partial charge in [0.15, 0.2) is 6.10 Å². The van der Waals surface area contributed by atoms with Gasteiger partial charge < -0.3 is 19.5 Å². The molecule has 1 fully saturated rings. The Hall–Kier alpha value is -3.52. The van der Waals surface area contributed by atoms with Crippen LogP contribution in [-0.4, -0.2) is 46.3 Å². The molecule has 0 aliphatic carbocycles. The molecule has 0 bridgehead atoms. The first-order valence-electron chi connectivity index (χ1n) is 14.2. The molecule has 1 aromatic carbocycles. The van der Waals surface area contributed by atoms with Crippen LogP contribution in [0.25, 0.3) is 11.1 Å². The second kappa shape index (κ2) is 12.1. The number of carboxylic acid groups (broad SMARTS) is 1. The summed E-state index contributed by atoms with van der Waals surface area (Å²) in [7, 11) is 0. The zero-order valence-corrected chi connectivity index (χ0v) is 25.3. The fourth-order valence-corrected chi connectivity index (χ4v) is 5.17. The van der Waals surface area contributed by atoms with E-state index < -0.39 is 17.7 Å². The maximum atomic E-state index is 13.2. The highest BCUT2D eigenvalue weighted by molar-refractivity contribution is 5.86. The molecule has 3 aromatic rings. The second-order valence-corrected chi connectivity index (χ2v) is 12.7. The molecule has 1 unspecified atom stereocenters. The number of nitrogens with zero attached hydrogens (tertiary/aromatic N) is 3. The number of rotatable bonds is 9. The number of pyridine rings is 2. The molecule has 0 saturated carbocycles. The van der Waals surface area contributed by atoms with E-state index in [1.165, 1.54) is 12.1 Å². The smallest absolute Gasteiger partial charge is 0.337 e. The van der Waals surface area contributed by atoms with E-state index in [2.05, 4.69) is 28.7 Å². The van der Waals surface area contributed by atoms with E-state index in [-0.39, 0.29) is 11.2 Å². The van der Waals surface area contributed by atoms with E-state index in [0.29, 0.717) is 30.2 Å². The molecule has 0 spiro atoms. The predicted octanol–water partition coefficient (Wildman–Crippen LogP) is 7.09. The van der Waals surface area contributed by atoms with Crippen LogP contribution < -0.4 is 9.64 Å². The Bertz CT molecular complexity index is 1370. The van der Waals surface area contributed by atoms with Gasteiger partial charge in [0.05, 0.1) is 17.9 Å². The van der Waals surface area contributed by atoms with Crippen LogP contribution in [0.15, 0.2) is 42.7 Å². The Morgan fingerprint density at radius 2 is 1.76 bits per heavy atom. The van der Waals surface area contributed by atoms with E-state index in [1.807, 2.05) is 46.9 Å². The van der Waals surface area contributed by atoms with Gasteiger partial charge >= 0.3 is 5.97 Å². The van der Waals surface area contributed by atoms with Gasteiger partial charge in [0, 0.05) is 59.9 Å². The molecule has 1 aliphatic rings. The number of ether oxygens (including phenoxy) is 2. The van der Waals surface area contributed by atoms with Gasteiger partial charge in [-0.1, -0.05) is 26.0 Å². The third-order valence-electron chi connectivity index (χ3n) is 7.56. The Kier molecular flexibility index (Phi) is 9.02. The van der Waals surface area contributed by atoms with Crippen molar-refractivity contribution in [2.45, 2.75) is 79.4 Å². The van der Waals surface area contributed by atoms with E-state index in [9.17, 15) is 14.3 Å². The van der Waals surface area contributed by atoms with Gasteiger partial charge in [0.25, 0.3) is 0 Å². The third-order valence-corrected chi connectivity index (χ3v) is 7.56. The zero-order valence-electron chi connectivity index (χ0n) is 25.3. The van der Waals surface area contributed by atoms with Gasteiger partial charge in [-0.2, -0.15) is 0 Å². The number of aromatic nitrogens is 2. The predicted molar refractivity (Wildman–Crippen MR) is 159 cm³/mol. The second-order valence-electron chi connectivity index (χ2n) is 12.7. The quantitative estimate of drug-likeness (QED) is 0.298. The normalized spacial score (nSPS) is 16.0. The summed E-state index contributed by atoms with van der Waals surface area (Å²) in [4.78, 5) is 24.2. The lowest BCUT2D eigenvalue weighted by molar-refractivity contribution is -0.160. The van der Waals surface area contributed by atoms with Gasteiger partial charge in [-0.15, -0.1) is 0 Å². The van der Waals surface area contributed by atoms with Crippen LogP contribution in [0.3, 0.4) is 0 Å². The van der Waals surface area contributed by atoms with Crippen molar-refractivity contribution in [2.75, 3.05) is 24.6 Å². The molecule has 1 saturated heterocycles. The number of aryl methyl sites for hydroxylation is 2. The molecule has 4 rings (SSSR count). The van der Waals surface area contributed by atoms with Crippen LogP contribution in [0, 0.1) is 25.1 Å². The number of anilines is 1. The Morgan fingerprint density at radius 1 is 1.10 bits per heavy atom. The fraction of sp³-hybridized carbons (Fsp3) is 0.485. The molecule has 8 heteroatoms. The standard InChI is InChI=1S/C33H42FN3O4/c1-21-18-24(19-36-30(21)40-17-12-23-8-10-25(34)11-9-23)26-20-35-22(2)27(29(31(38)39)41-32(3,4)5)28(26)37-15-13-33(6,7)14-16-37/h8-11,18-20,29H,12-17H2,1-7H3,(H,38,39). The Balaban J connectivity index is 1.71. The summed E-state index contributed by atoms with van der Waals surface area (Å²) in [6, 6.07) is 8.40. The molecule has 1 N–H and O–H groups in total. The molecule has 1 aliphatic heterocycles. The third kappa shape index (κ3) is 7.61. The highest BCUT2D eigenvalue weighted by Crippen LogP contribution is 2.43. The topological polar surface area (TPSA) is 84.8 Å². The van der Waals surface area contributed by atoms with E-state index in [4.69, 9.17) is 9.47 Å². The van der Waals surface area contributed by atoms with Crippen molar-refractivity contribution in [1.82, 2.24) is 9.97 Å². The average Bonchev–Trinajstić information content (AvgIpc) is 2.89. The highest BCUT2D eigenvalue weighted by Gasteiger charge is 2.35. The Labute approximate surface area is 242 Å². The minimum atomic E-state index is -1.17. The highest BCUT2D eigenvalue weighted by atomic mass is 19.1. The average molecular weight is 564 g/mol. The van der Waals surface area contributed by atoms with Crippen LogP contribution in [0.1, 0.15) is 75.9 Å². The molecule has 220 valence electrons. The number of hydrogen-bond acceptors (Lipinski definition) is 6. The van der Waals surface area contributed by atoms with Crippen LogP contribution in [-0.2, 0) is 16.0 Å². The van der Waals surface area contributed by atoms with Crippen molar-refractivity contribution < 1.29 is 23.8 Å². The summed E-state index contributed by atoms with van der Waals surface area (Å²) < 4.78 is 25.3. The van der Waals surface area contributed by atoms with Crippen LogP contribution in [0.4, 0.5) is 10.1 Å². The lowest BCUT2D eigenvalue weighted by atomic mass is 9.82. The van der Waals surface area contributed by atoms with Crippen molar-refractivity contribution in [3.05, 3.63) is 70.9 Å². The molecule has 7 nitrogen and oxygen atoms in total. The summed E-state index contributed by atoms with van der Waals surface area (Å²) in [6.45, 7) is 15.9. The van der Waals surface area contributed by atoms with Gasteiger partial charge in [0.2, 0.25) is 5.88 Å². The first-order chi connectivity index (χ1) is 19.2. The number of aliphatic carboxylic acids is 1. The molecular formula is C33H42FN3O4. The Morgan fingerprint density at radius 3 is 2.34 bits per heavy atom. The first-order valence-corrected chi connectivity index (χ1v) is 14.2. The minimum absolute atomic E-state index is 0.220. The lowest BCUT2D eigenvalue weighted by Crippen LogP contribution is -2.39. The number of carbonyl (C=O) groups is 1. The first kappa shape index (κ1) is 30.4. The SMILES string of the molecule is Cc1cc(-c2cnc(C)c(C(OC(C)(C)C)C(=O)O)c2N2CCC(C)(C)CC2)cnc1OCCc1ccc(F)cc1. The van der Waals surface area contributed by atoms with Crippen LogP contribution >= 0.6 is 0 Å². The summed E-state index contributed by atoms with van der Waals surface area (Å²) in [5, 5.41) is 10.3. The van der Waals surface area contributed by atoms with Gasteiger partial charge in [-0.05, 0) is 76.6 Å². The number of halogens is 1. The largest absolute Gasteiger partial charge is 0.479 e. The minimum Gasteiger partial charge on any atom is -0.479 e. The molecule has 0 radical (unpaired) electrons. The van der Waals surface area contributed by atoms with Crippen molar-refractivity contribution >= 4 is 11.7 Å². The molecule has 0 amide bonds. The van der Waals surface area contributed by atoms with Crippen molar-refractivity contribution in [3.63, 3.8) is 0 Å². The maximum absolute atomic E-state index is 13.2. The summed E-state index contributed by atoms with van der Waals surface area (Å²) in [6.07, 6.45) is 5.01. The van der Waals surface area contributed by atoms with Crippen LogP contribution in [0.2, 0.25) is 0 Å². The monoisotopic (exact) mass is 563 g/mol. The fourth-order valence-electron chi connectivity index (χ4n) is 5.17. The van der Waals surface area contributed by atoms with Gasteiger partial charge in [-0.3, -0.25) is 4.98 Å². The van der Waals surface area contributed by atoms with E-state index in [0.717, 1.165) is 53.9 Å². The summed E-state index contributed by atoms with van der Waals surface area (Å²) >= 11 is 0. The van der Waals surface area contributed by atoms with Crippen molar-refractivity contribution in [1.29, 1.82) is 0 Å². The molecule has 1 atom stereocenters. The van der Waals surface area contributed by atoms with E-state index >= 15 is 0 Å². The molecule has 2 aromatic heterocycles. The summed E-state index contributed by atoms with van der Waals surface area (Å²) in [5.74, 6) is -0.777. The van der Waals surface area contributed by atoms with Crippen molar-refractivity contribution in [3.8, 4) is 17.0 Å². The number of carboxylic acids is 1. The molecule has 3 heterocycles. The lowest BCUT2D eigenvalue weighted by Gasteiger charge is -2.41. The van der Waals surface area contributed by atoms with Gasteiger partial charge in [0.1, 0.15) is 5.82 Å².